The van der Waals surface area contributed by atoms with Crippen LogP contribution in [0.15, 0.2) is 36.4 Å². The smallest absolute Gasteiger partial charge is 0.128 e. The molecule has 2 aromatic carbocycles. The largest absolute Gasteiger partial charge is 0.380 e. The quantitative estimate of drug-likeness (QED) is 0.917. The molecule has 2 aromatic rings. The average molecular weight is 279 g/mol. The summed E-state index contributed by atoms with van der Waals surface area (Å²) in [4.78, 5) is 0. The van der Waals surface area contributed by atoms with Crippen LogP contribution in [0.25, 0.3) is 0 Å². The van der Waals surface area contributed by atoms with Gasteiger partial charge in [0.15, 0.2) is 0 Å². The van der Waals surface area contributed by atoms with Crippen molar-refractivity contribution in [3.63, 3.8) is 0 Å². The molecule has 0 radical (unpaired) electrons. The van der Waals surface area contributed by atoms with E-state index in [1.165, 1.54) is 0 Å². The van der Waals surface area contributed by atoms with Crippen LogP contribution in [0.4, 0.5) is 14.5 Å². The number of nitrogens with zero attached hydrogens (tertiary/aromatic N) is 1. The zero-order valence-electron chi connectivity index (χ0n) is 9.75. The Hall–Kier alpha value is -2.12. The van der Waals surface area contributed by atoms with Gasteiger partial charge in [0.05, 0.1) is 22.3 Å². The van der Waals surface area contributed by atoms with Crippen molar-refractivity contribution < 1.29 is 8.78 Å². The summed E-state index contributed by atoms with van der Waals surface area (Å²) in [6.45, 7) is 0.0815. The molecular formula is C14H9ClF2N2. The van der Waals surface area contributed by atoms with E-state index < -0.39 is 11.6 Å². The van der Waals surface area contributed by atoms with Gasteiger partial charge in [-0.1, -0.05) is 11.6 Å². The van der Waals surface area contributed by atoms with Gasteiger partial charge >= 0.3 is 0 Å². The molecule has 5 heteroatoms. The predicted molar refractivity (Wildman–Crippen MR) is 69.9 cm³/mol. The summed E-state index contributed by atoms with van der Waals surface area (Å²) in [6, 6.07) is 9.93. The number of rotatable bonds is 3. The molecule has 19 heavy (non-hydrogen) atoms. The second kappa shape index (κ2) is 5.68. The number of nitriles is 1. The summed E-state index contributed by atoms with van der Waals surface area (Å²) < 4.78 is 26.4. The molecule has 0 spiro atoms. The van der Waals surface area contributed by atoms with Crippen molar-refractivity contribution in [1.82, 2.24) is 0 Å². The lowest BCUT2D eigenvalue weighted by Gasteiger charge is -2.09. The minimum atomic E-state index is -0.505. The number of anilines is 1. The Balaban J connectivity index is 2.19. The minimum absolute atomic E-state index is 0.0815. The molecule has 96 valence electrons. The molecule has 0 aliphatic rings. The van der Waals surface area contributed by atoms with Crippen molar-refractivity contribution in [3.05, 3.63) is 64.2 Å². The monoisotopic (exact) mass is 278 g/mol. The number of halogens is 3. The minimum Gasteiger partial charge on any atom is -0.380 e. The van der Waals surface area contributed by atoms with Gasteiger partial charge in [0, 0.05) is 12.1 Å². The van der Waals surface area contributed by atoms with Crippen LogP contribution in [0, 0.1) is 23.0 Å². The summed E-state index contributed by atoms with van der Waals surface area (Å²) in [6.07, 6.45) is 0. The molecule has 0 fully saturated rings. The number of hydrogen-bond acceptors (Lipinski definition) is 2. The van der Waals surface area contributed by atoms with E-state index in [2.05, 4.69) is 5.32 Å². The number of nitrogens with one attached hydrogen (secondary N) is 1. The average Bonchev–Trinajstić information content (AvgIpc) is 2.41. The van der Waals surface area contributed by atoms with Crippen molar-refractivity contribution in [2.45, 2.75) is 6.54 Å². The second-order valence-electron chi connectivity index (χ2n) is 3.90. The van der Waals surface area contributed by atoms with Crippen LogP contribution < -0.4 is 5.32 Å². The Morgan fingerprint density at radius 2 is 1.95 bits per heavy atom. The van der Waals surface area contributed by atoms with Crippen molar-refractivity contribution >= 4 is 17.3 Å². The first-order valence-electron chi connectivity index (χ1n) is 5.47. The SMILES string of the molecule is N#Cc1ccc(Cl)c(NCc2cc(F)ccc2F)c1. The third kappa shape index (κ3) is 3.21. The fourth-order valence-electron chi connectivity index (χ4n) is 1.60. The summed E-state index contributed by atoms with van der Waals surface area (Å²) in [5.41, 5.74) is 1.13. The highest BCUT2D eigenvalue weighted by Crippen LogP contribution is 2.23. The van der Waals surface area contributed by atoms with Gasteiger partial charge in [-0.3, -0.25) is 0 Å². The van der Waals surface area contributed by atoms with Gasteiger partial charge in [-0.25, -0.2) is 8.78 Å². The Labute approximate surface area is 114 Å². The van der Waals surface area contributed by atoms with E-state index in [0.29, 0.717) is 16.3 Å². The first-order valence-corrected chi connectivity index (χ1v) is 5.85. The molecule has 0 unspecified atom stereocenters. The van der Waals surface area contributed by atoms with Gasteiger partial charge in [0.1, 0.15) is 11.6 Å². The molecule has 0 saturated heterocycles. The van der Waals surface area contributed by atoms with Gasteiger partial charge in [-0.05, 0) is 36.4 Å². The second-order valence-corrected chi connectivity index (χ2v) is 4.30. The van der Waals surface area contributed by atoms with E-state index in [1.807, 2.05) is 6.07 Å². The van der Waals surface area contributed by atoms with Crippen molar-refractivity contribution in [2.75, 3.05) is 5.32 Å². The van der Waals surface area contributed by atoms with E-state index in [9.17, 15) is 8.78 Å². The van der Waals surface area contributed by atoms with Crippen LogP contribution in [0.2, 0.25) is 5.02 Å². The fourth-order valence-corrected chi connectivity index (χ4v) is 1.78. The van der Waals surface area contributed by atoms with E-state index in [4.69, 9.17) is 16.9 Å². The standard InChI is InChI=1S/C14H9ClF2N2/c15-12-3-1-9(7-18)5-14(12)19-8-10-6-11(16)2-4-13(10)17/h1-6,19H,8H2. The van der Waals surface area contributed by atoms with E-state index in [1.54, 1.807) is 18.2 Å². The Kier molecular flexibility index (Phi) is 3.98. The molecule has 0 bridgehead atoms. The molecule has 0 saturated carbocycles. The van der Waals surface area contributed by atoms with Crippen molar-refractivity contribution in [3.8, 4) is 6.07 Å². The molecule has 0 atom stereocenters. The maximum Gasteiger partial charge on any atom is 0.128 e. The van der Waals surface area contributed by atoms with Crippen LogP contribution in [0.3, 0.4) is 0 Å². The van der Waals surface area contributed by atoms with Gasteiger partial charge in [0.25, 0.3) is 0 Å². The Bertz CT molecular complexity index is 650. The molecule has 1 N–H and O–H groups in total. The third-order valence-corrected chi connectivity index (χ3v) is 2.90. The first-order chi connectivity index (χ1) is 9.10. The lowest BCUT2D eigenvalue weighted by molar-refractivity contribution is 0.587. The van der Waals surface area contributed by atoms with E-state index in [-0.39, 0.29) is 12.1 Å². The van der Waals surface area contributed by atoms with Gasteiger partial charge < -0.3 is 5.32 Å². The Morgan fingerprint density at radius 3 is 2.68 bits per heavy atom. The van der Waals surface area contributed by atoms with Crippen LogP contribution >= 0.6 is 11.6 Å². The maximum absolute atomic E-state index is 13.4. The molecule has 2 rings (SSSR count). The van der Waals surface area contributed by atoms with E-state index in [0.717, 1.165) is 18.2 Å². The van der Waals surface area contributed by atoms with Gasteiger partial charge in [-0.2, -0.15) is 5.26 Å². The normalized spacial score (nSPS) is 10.0. The highest BCUT2D eigenvalue weighted by atomic mass is 35.5. The lowest BCUT2D eigenvalue weighted by Crippen LogP contribution is -2.03. The molecule has 0 aromatic heterocycles. The third-order valence-electron chi connectivity index (χ3n) is 2.57. The van der Waals surface area contributed by atoms with Crippen LogP contribution in [-0.4, -0.2) is 0 Å². The molecule has 2 nitrogen and oxygen atoms in total. The molecule has 0 amide bonds. The summed E-state index contributed by atoms with van der Waals surface area (Å²) >= 11 is 5.95. The van der Waals surface area contributed by atoms with Crippen LogP contribution in [-0.2, 0) is 6.54 Å². The van der Waals surface area contributed by atoms with Gasteiger partial charge in [-0.15, -0.1) is 0 Å². The summed E-state index contributed by atoms with van der Waals surface area (Å²) in [5.74, 6) is -1.00. The van der Waals surface area contributed by atoms with E-state index >= 15 is 0 Å². The van der Waals surface area contributed by atoms with Crippen molar-refractivity contribution in [2.24, 2.45) is 0 Å². The first kappa shape index (κ1) is 13.3. The zero-order valence-corrected chi connectivity index (χ0v) is 10.5. The molecular weight excluding hydrogens is 270 g/mol. The number of benzene rings is 2. The Morgan fingerprint density at radius 1 is 1.16 bits per heavy atom. The van der Waals surface area contributed by atoms with Crippen LogP contribution in [0.5, 0.6) is 0 Å². The lowest BCUT2D eigenvalue weighted by atomic mass is 10.2. The highest BCUT2D eigenvalue weighted by molar-refractivity contribution is 6.33. The fraction of sp³-hybridized carbons (Fsp3) is 0.0714. The zero-order chi connectivity index (χ0) is 13.8. The predicted octanol–water partition coefficient (Wildman–Crippen LogP) is 4.10. The van der Waals surface area contributed by atoms with Gasteiger partial charge in [0.2, 0.25) is 0 Å². The topological polar surface area (TPSA) is 35.8 Å². The molecule has 0 aliphatic carbocycles. The van der Waals surface area contributed by atoms with Crippen molar-refractivity contribution in [1.29, 1.82) is 5.26 Å². The highest BCUT2D eigenvalue weighted by Gasteiger charge is 2.06. The van der Waals surface area contributed by atoms with Crippen LogP contribution in [0.1, 0.15) is 11.1 Å². The molecule has 0 heterocycles. The molecule has 0 aliphatic heterocycles. The summed E-state index contributed by atoms with van der Waals surface area (Å²) in [5, 5.41) is 12.1. The number of hydrogen-bond donors (Lipinski definition) is 1. The maximum atomic E-state index is 13.4. The summed E-state index contributed by atoms with van der Waals surface area (Å²) in [7, 11) is 0.